The maximum Gasteiger partial charge on any atom is 0.255 e. The smallest absolute Gasteiger partial charge is 0.255 e. The van der Waals surface area contributed by atoms with Crippen molar-refractivity contribution in [2.75, 3.05) is 21.3 Å². The second kappa shape index (κ2) is 7.68. The number of ether oxygens (including phenoxy) is 3. The fourth-order valence-corrected chi connectivity index (χ4v) is 2.39. The van der Waals surface area contributed by atoms with Crippen LogP contribution in [0.4, 0.5) is 4.39 Å². The Balaban J connectivity index is 2.25. The molecule has 1 amide bonds. The highest BCUT2D eigenvalue weighted by Gasteiger charge is 2.19. The van der Waals surface area contributed by atoms with E-state index in [1.807, 2.05) is 13.0 Å². The lowest BCUT2D eigenvalue weighted by Crippen LogP contribution is -2.27. The highest BCUT2D eigenvalue weighted by Crippen LogP contribution is 2.30. The summed E-state index contributed by atoms with van der Waals surface area (Å²) in [6, 6.07) is 8.78. The summed E-state index contributed by atoms with van der Waals surface area (Å²) < 4.78 is 29.1. The van der Waals surface area contributed by atoms with Gasteiger partial charge in [-0.25, -0.2) is 4.39 Å². The highest BCUT2D eigenvalue weighted by atomic mass is 19.1. The number of carbonyl (C=O) groups excluding carboxylic acids is 1. The molecule has 24 heavy (non-hydrogen) atoms. The van der Waals surface area contributed by atoms with E-state index in [-0.39, 0.29) is 11.6 Å². The molecule has 5 nitrogen and oxygen atoms in total. The van der Waals surface area contributed by atoms with Gasteiger partial charge < -0.3 is 19.5 Å². The summed E-state index contributed by atoms with van der Waals surface area (Å²) in [6.45, 7) is 1.81. The number of carbonyl (C=O) groups is 1. The van der Waals surface area contributed by atoms with Crippen LogP contribution in [-0.2, 0) is 0 Å². The van der Waals surface area contributed by atoms with E-state index in [1.54, 1.807) is 26.4 Å². The molecule has 0 aliphatic carbocycles. The van der Waals surface area contributed by atoms with Crippen LogP contribution < -0.4 is 19.5 Å². The van der Waals surface area contributed by atoms with Crippen LogP contribution in [0.15, 0.2) is 36.4 Å². The van der Waals surface area contributed by atoms with Crippen LogP contribution in [-0.4, -0.2) is 27.2 Å². The number of rotatable bonds is 6. The number of benzene rings is 2. The zero-order chi connectivity index (χ0) is 17.7. The highest BCUT2D eigenvalue weighted by molar-refractivity contribution is 5.97. The molecule has 2 aromatic carbocycles. The Hall–Kier alpha value is -2.76. The quantitative estimate of drug-likeness (QED) is 0.881. The zero-order valence-electron chi connectivity index (χ0n) is 14.1. The second-order valence-electron chi connectivity index (χ2n) is 5.15. The maximum atomic E-state index is 13.4. The minimum absolute atomic E-state index is 0.136. The van der Waals surface area contributed by atoms with Crippen LogP contribution in [0.1, 0.15) is 28.9 Å². The molecular formula is C18H20FNO4. The third-order valence-corrected chi connectivity index (χ3v) is 3.66. The molecule has 6 heteroatoms. The third kappa shape index (κ3) is 3.76. The molecule has 1 atom stereocenters. The molecule has 0 heterocycles. The first-order valence-electron chi connectivity index (χ1n) is 7.36. The number of methoxy groups -OCH3 is 3. The third-order valence-electron chi connectivity index (χ3n) is 3.66. The monoisotopic (exact) mass is 333 g/mol. The van der Waals surface area contributed by atoms with Crippen LogP contribution in [0.25, 0.3) is 0 Å². The normalized spacial score (nSPS) is 11.5. The summed E-state index contributed by atoms with van der Waals surface area (Å²) in [6.07, 6.45) is 0. The van der Waals surface area contributed by atoms with Gasteiger partial charge in [-0.1, -0.05) is 0 Å². The second-order valence-corrected chi connectivity index (χ2v) is 5.15. The van der Waals surface area contributed by atoms with Gasteiger partial charge in [0.1, 0.15) is 23.1 Å². The molecule has 2 aromatic rings. The van der Waals surface area contributed by atoms with E-state index in [4.69, 9.17) is 14.2 Å². The molecule has 1 N–H and O–H groups in total. The SMILES string of the molecule is COc1ccc(C(C)NC(=O)c2cc(F)ccc2OC)c(OC)c1. The molecule has 0 bridgehead atoms. The molecule has 0 radical (unpaired) electrons. The Labute approximate surface area is 140 Å². The maximum absolute atomic E-state index is 13.4. The number of hydrogen-bond acceptors (Lipinski definition) is 4. The summed E-state index contributed by atoms with van der Waals surface area (Å²) >= 11 is 0. The summed E-state index contributed by atoms with van der Waals surface area (Å²) in [5.74, 6) is 0.615. The molecule has 0 saturated heterocycles. The van der Waals surface area contributed by atoms with E-state index in [0.717, 1.165) is 11.6 Å². The van der Waals surface area contributed by atoms with Crippen LogP contribution in [0, 0.1) is 5.82 Å². The molecule has 1 unspecified atom stereocenters. The molecular weight excluding hydrogens is 313 g/mol. The van der Waals surface area contributed by atoms with Crippen molar-refractivity contribution in [3.8, 4) is 17.2 Å². The Morgan fingerprint density at radius 1 is 1.00 bits per heavy atom. The van der Waals surface area contributed by atoms with Gasteiger partial charge in [-0.3, -0.25) is 4.79 Å². The predicted octanol–water partition coefficient (Wildman–Crippen LogP) is 3.34. The molecule has 0 fully saturated rings. The summed E-state index contributed by atoms with van der Waals surface area (Å²) in [4.78, 5) is 12.5. The number of halogens is 1. The molecule has 128 valence electrons. The molecule has 2 rings (SSSR count). The first-order valence-corrected chi connectivity index (χ1v) is 7.36. The van der Waals surface area contributed by atoms with Gasteiger partial charge >= 0.3 is 0 Å². The van der Waals surface area contributed by atoms with Crippen molar-refractivity contribution >= 4 is 5.91 Å². The number of hydrogen-bond donors (Lipinski definition) is 1. The molecule has 0 saturated carbocycles. The van der Waals surface area contributed by atoms with E-state index < -0.39 is 11.7 Å². The van der Waals surface area contributed by atoms with Crippen molar-refractivity contribution in [2.45, 2.75) is 13.0 Å². The van der Waals surface area contributed by atoms with Gasteiger partial charge in [0.2, 0.25) is 0 Å². The lowest BCUT2D eigenvalue weighted by molar-refractivity contribution is 0.0936. The minimum Gasteiger partial charge on any atom is -0.497 e. The van der Waals surface area contributed by atoms with Gasteiger partial charge in [-0.2, -0.15) is 0 Å². The minimum atomic E-state index is -0.504. The van der Waals surface area contributed by atoms with Crippen LogP contribution >= 0.6 is 0 Å². The van der Waals surface area contributed by atoms with Gasteiger partial charge in [0.15, 0.2) is 0 Å². The van der Waals surface area contributed by atoms with E-state index >= 15 is 0 Å². The van der Waals surface area contributed by atoms with Crippen molar-refractivity contribution < 1.29 is 23.4 Å². The summed E-state index contributed by atoms with van der Waals surface area (Å²) in [5, 5.41) is 2.82. The van der Waals surface area contributed by atoms with Gasteiger partial charge in [0.05, 0.1) is 32.9 Å². The molecule has 0 aliphatic heterocycles. The van der Waals surface area contributed by atoms with Crippen LogP contribution in [0.5, 0.6) is 17.2 Å². The first-order chi connectivity index (χ1) is 11.5. The lowest BCUT2D eigenvalue weighted by Gasteiger charge is -2.19. The fraction of sp³-hybridized carbons (Fsp3) is 0.278. The molecule has 0 aliphatic rings. The Bertz CT molecular complexity index is 733. The van der Waals surface area contributed by atoms with Crippen molar-refractivity contribution in [3.05, 3.63) is 53.3 Å². The van der Waals surface area contributed by atoms with Crippen LogP contribution in [0.3, 0.4) is 0 Å². The van der Waals surface area contributed by atoms with Gasteiger partial charge in [-0.05, 0) is 37.3 Å². The van der Waals surface area contributed by atoms with Gasteiger partial charge in [0, 0.05) is 11.6 Å². The largest absolute Gasteiger partial charge is 0.497 e. The average Bonchev–Trinajstić information content (AvgIpc) is 2.60. The fourth-order valence-electron chi connectivity index (χ4n) is 2.39. The van der Waals surface area contributed by atoms with Gasteiger partial charge in [-0.15, -0.1) is 0 Å². The number of amides is 1. The Kier molecular flexibility index (Phi) is 5.63. The van der Waals surface area contributed by atoms with Crippen molar-refractivity contribution in [1.29, 1.82) is 0 Å². The Morgan fingerprint density at radius 2 is 1.71 bits per heavy atom. The number of nitrogens with one attached hydrogen (secondary N) is 1. The topological polar surface area (TPSA) is 56.8 Å². The van der Waals surface area contributed by atoms with Crippen LogP contribution in [0.2, 0.25) is 0 Å². The van der Waals surface area contributed by atoms with Crippen molar-refractivity contribution in [3.63, 3.8) is 0 Å². The van der Waals surface area contributed by atoms with Crippen molar-refractivity contribution in [1.82, 2.24) is 5.32 Å². The molecule has 0 aromatic heterocycles. The van der Waals surface area contributed by atoms with Gasteiger partial charge in [0.25, 0.3) is 5.91 Å². The molecule has 0 spiro atoms. The summed E-state index contributed by atoms with van der Waals surface area (Å²) in [7, 11) is 4.54. The standard InChI is InChI=1S/C18H20FNO4/c1-11(14-7-6-13(22-2)10-17(14)24-4)20-18(21)15-9-12(19)5-8-16(15)23-3/h5-11H,1-4H3,(H,20,21). The van der Waals surface area contributed by atoms with E-state index in [1.165, 1.54) is 19.2 Å². The van der Waals surface area contributed by atoms with E-state index in [0.29, 0.717) is 17.2 Å². The predicted molar refractivity (Wildman–Crippen MR) is 88.4 cm³/mol. The Morgan fingerprint density at radius 3 is 2.33 bits per heavy atom. The average molecular weight is 333 g/mol. The van der Waals surface area contributed by atoms with E-state index in [2.05, 4.69) is 5.32 Å². The first kappa shape index (κ1) is 17.6. The van der Waals surface area contributed by atoms with E-state index in [9.17, 15) is 9.18 Å². The zero-order valence-corrected chi connectivity index (χ0v) is 14.1. The lowest BCUT2D eigenvalue weighted by atomic mass is 10.1. The van der Waals surface area contributed by atoms with Crippen molar-refractivity contribution in [2.24, 2.45) is 0 Å². The summed E-state index contributed by atoms with van der Waals surface area (Å²) in [5.41, 5.74) is 0.916.